The van der Waals surface area contributed by atoms with Crippen LogP contribution in [-0.2, 0) is 0 Å². The number of aryl methyl sites for hydroxylation is 1. The number of ether oxygens (including phenoxy) is 1. The molecule has 6 heteroatoms. The van der Waals surface area contributed by atoms with Gasteiger partial charge in [-0.2, -0.15) is 0 Å². The molecule has 3 rings (SSSR count). The number of hydrogen-bond donors (Lipinski definition) is 0. The monoisotopic (exact) mass is 428 g/mol. The Balaban J connectivity index is 0.00000196. The fraction of sp³-hybridized carbons (Fsp3) is 0.455. The third kappa shape index (κ3) is 6.54. The number of hydrogen-bond acceptors (Lipinski definition) is 3. The molecule has 1 heterocycles. The second kappa shape index (κ2) is 11.5. The molecule has 1 aliphatic heterocycles. The van der Waals surface area contributed by atoms with Crippen molar-refractivity contribution < 1.29 is 9.13 Å². The Kier molecular flexibility index (Phi) is 10.1. The third-order valence-corrected chi connectivity index (χ3v) is 5.11. The molecule has 3 nitrogen and oxygen atoms in total. The Morgan fingerprint density at radius 2 is 1.61 bits per heavy atom. The van der Waals surface area contributed by atoms with Gasteiger partial charge in [0.1, 0.15) is 18.2 Å². The maximum absolute atomic E-state index is 13.1. The van der Waals surface area contributed by atoms with Gasteiger partial charge in [-0.3, -0.25) is 4.90 Å². The van der Waals surface area contributed by atoms with E-state index < -0.39 is 0 Å². The molecule has 0 N–H and O–H groups in total. The topological polar surface area (TPSA) is 15.7 Å². The molecule has 1 fully saturated rings. The van der Waals surface area contributed by atoms with E-state index in [1.807, 2.05) is 12.1 Å². The van der Waals surface area contributed by atoms with Crippen LogP contribution in [0.1, 0.15) is 30.9 Å². The van der Waals surface area contributed by atoms with Crippen molar-refractivity contribution in [2.75, 3.05) is 44.2 Å². The van der Waals surface area contributed by atoms with Crippen molar-refractivity contribution in [3.63, 3.8) is 0 Å². The number of benzene rings is 2. The standard InChI is InChI=1S/C22H29FN2O.2ClH/c1-17(2)19-5-4-18(3)22(16-19)26-15-14-24-10-12-25(13-11-24)21-8-6-20(23)7-9-21;;/h4-9,16-17H,10-15H2,1-3H3;2*1H. The zero-order valence-electron chi connectivity index (χ0n) is 16.9. The molecule has 0 aromatic heterocycles. The first-order valence-corrected chi connectivity index (χ1v) is 9.49. The second-order valence-electron chi connectivity index (χ2n) is 7.33. The highest BCUT2D eigenvalue weighted by molar-refractivity contribution is 5.85. The number of nitrogens with zero attached hydrogens (tertiary/aromatic N) is 2. The maximum atomic E-state index is 13.1. The fourth-order valence-corrected chi connectivity index (χ4v) is 3.30. The van der Waals surface area contributed by atoms with E-state index in [0.717, 1.165) is 44.2 Å². The van der Waals surface area contributed by atoms with Gasteiger partial charge >= 0.3 is 0 Å². The minimum atomic E-state index is -0.179. The van der Waals surface area contributed by atoms with E-state index in [2.05, 4.69) is 48.8 Å². The lowest BCUT2D eigenvalue weighted by atomic mass is 10.0. The summed E-state index contributed by atoms with van der Waals surface area (Å²) >= 11 is 0. The van der Waals surface area contributed by atoms with Gasteiger partial charge in [0.15, 0.2) is 0 Å². The van der Waals surface area contributed by atoms with Crippen molar-refractivity contribution in [1.29, 1.82) is 0 Å². The Hall–Kier alpha value is -1.49. The van der Waals surface area contributed by atoms with Gasteiger partial charge in [0.05, 0.1) is 0 Å². The van der Waals surface area contributed by atoms with Crippen LogP contribution in [0.15, 0.2) is 42.5 Å². The minimum Gasteiger partial charge on any atom is -0.492 e. The van der Waals surface area contributed by atoms with E-state index in [1.165, 1.54) is 23.3 Å². The van der Waals surface area contributed by atoms with Crippen LogP contribution in [-0.4, -0.2) is 44.2 Å². The quantitative estimate of drug-likeness (QED) is 0.620. The highest BCUT2D eigenvalue weighted by atomic mass is 35.5. The van der Waals surface area contributed by atoms with Crippen molar-refractivity contribution in [3.05, 3.63) is 59.4 Å². The van der Waals surface area contributed by atoms with Crippen LogP contribution >= 0.6 is 24.8 Å². The SMILES string of the molecule is Cc1ccc(C(C)C)cc1OCCN1CCN(c2ccc(F)cc2)CC1.Cl.Cl. The molecule has 0 radical (unpaired) electrons. The highest BCUT2D eigenvalue weighted by Gasteiger charge is 2.17. The van der Waals surface area contributed by atoms with E-state index in [-0.39, 0.29) is 30.6 Å². The normalized spacial score (nSPS) is 14.4. The molecule has 1 aliphatic rings. The van der Waals surface area contributed by atoms with Crippen molar-refractivity contribution in [2.45, 2.75) is 26.7 Å². The molecule has 0 unspecified atom stereocenters. The summed E-state index contributed by atoms with van der Waals surface area (Å²) in [4.78, 5) is 4.74. The summed E-state index contributed by atoms with van der Waals surface area (Å²) in [5.41, 5.74) is 3.61. The molecular weight excluding hydrogens is 398 g/mol. The molecule has 2 aromatic rings. The van der Waals surface area contributed by atoms with Gasteiger partial charge in [0.25, 0.3) is 0 Å². The van der Waals surface area contributed by atoms with Gasteiger partial charge in [-0.05, 0) is 54.3 Å². The lowest BCUT2D eigenvalue weighted by molar-refractivity contribution is 0.200. The smallest absolute Gasteiger partial charge is 0.123 e. The Labute approximate surface area is 180 Å². The molecule has 2 aromatic carbocycles. The Bertz CT molecular complexity index is 717. The van der Waals surface area contributed by atoms with Crippen LogP contribution in [0, 0.1) is 12.7 Å². The van der Waals surface area contributed by atoms with Gasteiger partial charge in [0.2, 0.25) is 0 Å². The Morgan fingerprint density at radius 1 is 0.964 bits per heavy atom. The van der Waals surface area contributed by atoms with Gasteiger partial charge < -0.3 is 9.64 Å². The van der Waals surface area contributed by atoms with Crippen LogP contribution in [0.2, 0.25) is 0 Å². The van der Waals surface area contributed by atoms with Gasteiger partial charge in [-0.1, -0.05) is 26.0 Å². The predicted molar refractivity (Wildman–Crippen MR) is 120 cm³/mol. The highest BCUT2D eigenvalue weighted by Crippen LogP contribution is 2.24. The minimum absolute atomic E-state index is 0. The lowest BCUT2D eigenvalue weighted by Crippen LogP contribution is -2.47. The van der Waals surface area contributed by atoms with E-state index >= 15 is 0 Å². The average Bonchev–Trinajstić information content (AvgIpc) is 2.64. The number of rotatable bonds is 6. The zero-order valence-corrected chi connectivity index (χ0v) is 18.5. The zero-order chi connectivity index (χ0) is 18.5. The van der Waals surface area contributed by atoms with Crippen molar-refractivity contribution in [1.82, 2.24) is 4.90 Å². The maximum Gasteiger partial charge on any atom is 0.123 e. The number of anilines is 1. The molecule has 0 atom stereocenters. The Morgan fingerprint density at radius 3 is 2.21 bits per heavy atom. The van der Waals surface area contributed by atoms with Crippen LogP contribution in [0.3, 0.4) is 0 Å². The second-order valence-corrected chi connectivity index (χ2v) is 7.33. The van der Waals surface area contributed by atoms with Crippen molar-refractivity contribution in [3.8, 4) is 5.75 Å². The molecule has 0 aliphatic carbocycles. The van der Waals surface area contributed by atoms with Gasteiger partial charge in [0, 0.05) is 38.4 Å². The molecule has 0 bridgehead atoms. The first kappa shape index (κ1) is 24.5. The molecular formula is C22H31Cl2FN2O. The van der Waals surface area contributed by atoms with Crippen LogP contribution in [0.25, 0.3) is 0 Å². The number of piperazine rings is 1. The van der Waals surface area contributed by atoms with Crippen LogP contribution in [0.5, 0.6) is 5.75 Å². The average molecular weight is 429 g/mol. The van der Waals surface area contributed by atoms with Crippen molar-refractivity contribution >= 4 is 30.5 Å². The molecule has 0 amide bonds. The summed E-state index contributed by atoms with van der Waals surface area (Å²) in [7, 11) is 0. The molecule has 28 heavy (non-hydrogen) atoms. The van der Waals surface area contributed by atoms with Crippen molar-refractivity contribution in [2.24, 2.45) is 0 Å². The third-order valence-electron chi connectivity index (χ3n) is 5.11. The van der Waals surface area contributed by atoms with E-state index in [0.29, 0.717) is 12.5 Å². The first-order valence-electron chi connectivity index (χ1n) is 9.49. The molecule has 0 saturated carbocycles. The largest absolute Gasteiger partial charge is 0.492 e. The molecule has 0 spiro atoms. The lowest BCUT2D eigenvalue weighted by Gasteiger charge is -2.36. The van der Waals surface area contributed by atoms with Crippen LogP contribution < -0.4 is 9.64 Å². The summed E-state index contributed by atoms with van der Waals surface area (Å²) in [6.45, 7) is 12.1. The molecule has 156 valence electrons. The summed E-state index contributed by atoms with van der Waals surface area (Å²) in [6.07, 6.45) is 0. The summed E-state index contributed by atoms with van der Waals surface area (Å²) in [6, 6.07) is 13.3. The number of halogens is 3. The van der Waals surface area contributed by atoms with E-state index in [1.54, 1.807) is 0 Å². The first-order chi connectivity index (χ1) is 12.5. The van der Waals surface area contributed by atoms with Gasteiger partial charge in [-0.25, -0.2) is 4.39 Å². The summed E-state index contributed by atoms with van der Waals surface area (Å²) in [5, 5.41) is 0. The van der Waals surface area contributed by atoms with E-state index in [9.17, 15) is 4.39 Å². The fourth-order valence-electron chi connectivity index (χ4n) is 3.30. The van der Waals surface area contributed by atoms with Crippen LogP contribution in [0.4, 0.5) is 10.1 Å². The summed E-state index contributed by atoms with van der Waals surface area (Å²) < 4.78 is 19.1. The summed E-state index contributed by atoms with van der Waals surface area (Å²) in [5.74, 6) is 1.33. The molecule has 1 saturated heterocycles. The predicted octanol–water partition coefficient (Wildman–Crippen LogP) is 5.30. The van der Waals surface area contributed by atoms with E-state index in [4.69, 9.17) is 4.74 Å². The van der Waals surface area contributed by atoms with Gasteiger partial charge in [-0.15, -0.1) is 24.8 Å².